The number of anilines is 1. The molecule has 0 aliphatic rings. The fraction of sp³-hybridized carbons (Fsp3) is 0.346. The summed E-state index contributed by atoms with van der Waals surface area (Å²) in [6, 6.07) is 8.34. The molecule has 1 aromatic carbocycles. The van der Waals surface area contributed by atoms with Crippen molar-refractivity contribution in [3.8, 4) is 22.5 Å². The number of aliphatic carboxylic acids is 1. The zero-order valence-corrected chi connectivity index (χ0v) is 20.6. The second-order valence-electron chi connectivity index (χ2n) is 8.85. The Morgan fingerprint density at radius 3 is 2.51 bits per heavy atom. The molecule has 0 saturated carbocycles. The Morgan fingerprint density at radius 2 is 1.89 bits per heavy atom. The van der Waals surface area contributed by atoms with Gasteiger partial charge in [0.05, 0.1) is 35.6 Å². The Balaban J connectivity index is 2.20. The number of pyridine rings is 1. The molecular formula is C26H29F3N4O4. The van der Waals surface area contributed by atoms with E-state index >= 15 is 0 Å². The SMILES string of the molecule is CNc1cc(-c2nc(C(C)C)n(/C=C/C(O)CC(O)CC(=O)O)c2-c2cccc(C(F)(F)F)c2)ccn1. The van der Waals surface area contributed by atoms with Gasteiger partial charge in [-0.2, -0.15) is 13.2 Å². The first-order chi connectivity index (χ1) is 17.4. The highest BCUT2D eigenvalue weighted by Gasteiger charge is 2.31. The zero-order chi connectivity index (χ0) is 27.3. The number of hydrogen-bond donors (Lipinski definition) is 4. The van der Waals surface area contributed by atoms with Gasteiger partial charge in [-0.05, 0) is 30.3 Å². The predicted molar refractivity (Wildman–Crippen MR) is 134 cm³/mol. The zero-order valence-electron chi connectivity index (χ0n) is 20.6. The minimum Gasteiger partial charge on any atom is -0.481 e. The van der Waals surface area contributed by atoms with Crippen LogP contribution in [-0.4, -0.2) is 55.1 Å². The second-order valence-corrected chi connectivity index (χ2v) is 8.85. The van der Waals surface area contributed by atoms with Crippen LogP contribution >= 0.6 is 0 Å². The number of hydrogen-bond acceptors (Lipinski definition) is 6. The number of aromatic nitrogens is 3. The van der Waals surface area contributed by atoms with Crippen molar-refractivity contribution >= 4 is 18.0 Å². The summed E-state index contributed by atoms with van der Waals surface area (Å²) in [6.07, 6.45) is -3.37. The number of alkyl halides is 3. The fourth-order valence-electron chi connectivity index (χ4n) is 3.87. The van der Waals surface area contributed by atoms with Gasteiger partial charge in [-0.3, -0.25) is 4.79 Å². The fourth-order valence-corrected chi connectivity index (χ4v) is 3.87. The molecule has 11 heteroatoms. The molecule has 0 amide bonds. The molecule has 2 unspecified atom stereocenters. The van der Waals surface area contributed by atoms with Gasteiger partial charge in [-0.1, -0.05) is 26.0 Å². The number of aliphatic hydroxyl groups is 2. The van der Waals surface area contributed by atoms with Crippen molar-refractivity contribution in [3.05, 3.63) is 60.1 Å². The first-order valence-electron chi connectivity index (χ1n) is 11.6. The van der Waals surface area contributed by atoms with Crippen LogP contribution in [0.1, 0.15) is 44.0 Å². The minimum absolute atomic E-state index is 0.150. The smallest absolute Gasteiger partial charge is 0.416 e. The van der Waals surface area contributed by atoms with Crippen LogP contribution in [0.4, 0.5) is 19.0 Å². The molecule has 37 heavy (non-hydrogen) atoms. The van der Waals surface area contributed by atoms with Crippen LogP contribution in [0, 0.1) is 0 Å². The van der Waals surface area contributed by atoms with Crippen molar-refractivity contribution in [2.75, 3.05) is 12.4 Å². The molecule has 3 aromatic rings. The molecule has 4 N–H and O–H groups in total. The summed E-state index contributed by atoms with van der Waals surface area (Å²) >= 11 is 0. The molecule has 0 spiro atoms. The second kappa shape index (κ2) is 11.6. The summed E-state index contributed by atoms with van der Waals surface area (Å²) in [6.45, 7) is 3.76. The van der Waals surface area contributed by atoms with Gasteiger partial charge in [0.15, 0.2) is 0 Å². The van der Waals surface area contributed by atoms with Crippen LogP contribution in [0.2, 0.25) is 0 Å². The van der Waals surface area contributed by atoms with Gasteiger partial charge in [0, 0.05) is 42.9 Å². The number of rotatable bonds is 10. The maximum Gasteiger partial charge on any atom is 0.416 e. The van der Waals surface area contributed by atoms with E-state index in [1.54, 1.807) is 36.0 Å². The van der Waals surface area contributed by atoms with E-state index in [-0.39, 0.29) is 17.9 Å². The summed E-state index contributed by atoms with van der Waals surface area (Å²) in [5, 5.41) is 32.0. The third-order valence-electron chi connectivity index (χ3n) is 5.59. The Bertz CT molecular complexity index is 1270. The molecule has 0 aliphatic heterocycles. The molecule has 2 atom stereocenters. The molecule has 0 aliphatic carbocycles. The van der Waals surface area contributed by atoms with Crippen molar-refractivity contribution in [1.82, 2.24) is 14.5 Å². The van der Waals surface area contributed by atoms with E-state index in [1.807, 2.05) is 13.8 Å². The van der Waals surface area contributed by atoms with E-state index in [4.69, 9.17) is 10.1 Å². The average Bonchev–Trinajstić information content (AvgIpc) is 3.21. The van der Waals surface area contributed by atoms with Gasteiger partial charge in [0.1, 0.15) is 11.6 Å². The average molecular weight is 519 g/mol. The van der Waals surface area contributed by atoms with E-state index in [2.05, 4.69) is 10.3 Å². The Morgan fingerprint density at radius 1 is 1.16 bits per heavy atom. The van der Waals surface area contributed by atoms with Crippen LogP contribution < -0.4 is 5.32 Å². The number of benzene rings is 1. The molecule has 2 heterocycles. The molecule has 198 valence electrons. The minimum atomic E-state index is -4.55. The number of imidazole rings is 1. The number of carboxylic acids is 1. The van der Waals surface area contributed by atoms with Crippen LogP contribution in [-0.2, 0) is 11.0 Å². The molecule has 0 bridgehead atoms. The van der Waals surface area contributed by atoms with Crippen molar-refractivity contribution in [1.29, 1.82) is 0 Å². The lowest BCUT2D eigenvalue weighted by Crippen LogP contribution is -2.19. The standard InChI is InChI=1S/C26H29F3N4O4/c1-15(2)25-32-23(16-7-9-31-21(12-16)30-3)24(17-5-4-6-18(11-17)26(27,28)29)33(25)10-8-19(34)13-20(35)14-22(36)37/h4-12,15,19-20,34-35H,13-14H2,1-3H3,(H,30,31)(H,36,37)/b10-8+. The lowest BCUT2D eigenvalue weighted by molar-refractivity contribution is -0.139. The first kappa shape index (κ1) is 27.9. The monoisotopic (exact) mass is 518 g/mol. The van der Waals surface area contributed by atoms with E-state index in [0.29, 0.717) is 28.6 Å². The quantitative estimate of drug-likeness (QED) is 0.303. The molecule has 0 saturated heterocycles. The molecular weight excluding hydrogens is 489 g/mol. The van der Waals surface area contributed by atoms with Crippen LogP contribution in [0.15, 0.2) is 48.7 Å². The normalized spacial score (nSPS) is 13.8. The van der Waals surface area contributed by atoms with Crippen molar-refractivity contribution < 1.29 is 33.3 Å². The van der Waals surface area contributed by atoms with Crippen LogP contribution in [0.5, 0.6) is 0 Å². The Kier molecular flexibility index (Phi) is 8.72. The van der Waals surface area contributed by atoms with Gasteiger partial charge in [0.25, 0.3) is 0 Å². The lowest BCUT2D eigenvalue weighted by atomic mass is 10.0. The highest BCUT2D eigenvalue weighted by atomic mass is 19.4. The van der Waals surface area contributed by atoms with E-state index in [9.17, 15) is 28.2 Å². The highest BCUT2D eigenvalue weighted by Crippen LogP contribution is 2.38. The molecule has 3 rings (SSSR count). The third kappa shape index (κ3) is 6.95. The molecule has 2 aromatic heterocycles. The maximum atomic E-state index is 13.6. The Hall–Kier alpha value is -3.70. The van der Waals surface area contributed by atoms with Gasteiger partial charge in [-0.25, -0.2) is 9.97 Å². The topological polar surface area (TPSA) is 120 Å². The van der Waals surface area contributed by atoms with Gasteiger partial charge >= 0.3 is 12.1 Å². The molecule has 0 fully saturated rings. The predicted octanol–water partition coefficient (Wildman–Crippen LogP) is 4.85. The highest BCUT2D eigenvalue weighted by molar-refractivity contribution is 5.82. The lowest BCUT2D eigenvalue weighted by Gasteiger charge is -2.14. The molecule has 8 nitrogen and oxygen atoms in total. The first-order valence-corrected chi connectivity index (χ1v) is 11.6. The van der Waals surface area contributed by atoms with E-state index in [0.717, 1.165) is 12.1 Å². The largest absolute Gasteiger partial charge is 0.481 e. The summed E-state index contributed by atoms with van der Waals surface area (Å²) in [5.74, 6) is -0.273. The van der Waals surface area contributed by atoms with Gasteiger partial charge in [0.2, 0.25) is 0 Å². The maximum absolute atomic E-state index is 13.6. The number of carbonyl (C=O) groups is 1. The number of nitrogens with one attached hydrogen (secondary N) is 1. The number of nitrogens with zero attached hydrogens (tertiary/aromatic N) is 3. The van der Waals surface area contributed by atoms with Crippen molar-refractivity contribution in [3.63, 3.8) is 0 Å². The van der Waals surface area contributed by atoms with Gasteiger partial charge in [-0.15, -0.1) is 0 Å². The van der Waals surface area contributed by atoms with Crippen LogP contribution in [0.25, 0.3) is 28.7 Å². The summed E-state index contributed by atoms with van der Waals surface area (Å²) in [5.41, 5.74) is 0.862. The molecule has 0 radical (unpaired) electrons. The van der Waals surface area contributed by atoms with Gasteiger partial charge < -0.3 is 25.2 Å². The summed E-state index contributed by atoms with van der Waals surface area (Å²) in [4.78, 5) is 19.8. The van der Waals surface area contributed by atoms with Crippen LogP contribution in [0.3, 0.4) is 0 Å². The van der Waals surface area contributed by atoms with E-state index in [1.165, 1.54) is 18.3 Å². The Labute approximate surface area is 212 Å². The van der Waals surface area contributed by atoms with Crippen molar-refractivity contribution in [2.24, 2.45) is 0 Å². The summed E-state index contributed by atoms with van der Waals surface area (Å²) < 4.78 is 42.3. The number of carboxylic acid groups (broad SMARTS) is 1. The summed E-state index contributed by atoms with van der Waals surface area (Å²) in [7, 11) is 1.70. The van der Waals surface area contributed by atoms with E-state index < -0.39 is 36.3 Å². The third-order valence-corrected chi connectivity index (χ3v) is 5.59. The number of halogens is 3. The number of aliphatic hydroxyl groups excluding tert-OH is 2. The van der Waals surface area contributed by atoms with Crippen molar-refractivity contribution in [2.45, 2.75) is 51.0 Å².